The van der Waals surface area contributed by atoms with E-state index in [9.17, 15) is 4.79 Å². The normalized spacial score (nSPS) is 19.1. The molecule has 1 heterocycles. The summed E-state index contributed by atoms with van der Waals surface area (Å²) in [6, 6.07) is 4.77. The number of rotatable bonds is 3. The minimum absolute atomic E-state index is 0.00394. The van der Waals surface area contributed by atoms with Gasteiger partial charge in [-0.15, -0.1) is 0 Å². The minimum atomic E-state index is -0.936. The van der Waals surface area contributed by atoms with Crippen molar-refractivity contribution in [2.75, 3.05) is 13.7 Å². The van der Waals surface area contributed by atoms with Gasteiger partial charge in [-0.3, -0.25) is 0 Å². The first-order valence-electron chi connectivity index (χ1n) is 4.25. The van der Waals surface area contributed by atoms with Gasteiger partial charge in [0.1, 0.15) is 11.9 Å². The number of carbonyl (C=O) groups is 1. The van der Waals surface area contributed by atoms with Crippen LogP contribution in [0.15, 0.2) is 18.2 Å². The lowest BCUT2D eigenvalue weighted by Crippen LogP contribution is -1.99. The third-order valence-corrected chi connectivity index (χ3v) is 2.16. The Balaban J connectivity index is 2.41. The smallest absolute Gasteiger partial charge is 0.335 e. The van der Waals surface area contributed by atoms with E-state index in [1.807, 2.05) is 0 Å². The van der Waals surface area contributed by atoms with Crippen LogP contribution in [-0.2, 0) is 4.74 Å². The van der Waals surface area contributed by atoms with Gasteiger partial charge in [-0.1, -0.05) is 0 Å². The summed E-state index contributed by atoms with van der Waals surface area (Å²) in [4.78, 5) is 10.7. The molecule has 4 heteroatoms. The average Bonchev–Trinajstić information content (AvgIpc) is 3.00. The van der Waals surface area contributed by atoms with Gasteiger partial charge in [0, 0.05) is 5.56 Å². The molecule has 0 amide bonds. The van der Waals surface area contributed by atoms with Gasteiger partial charge in [-0.2, -0.15) is 0 Å². The zero-order valence-electron chi connectivity index (χ0n) is 7.69. The highest BCUT2D eigenvalue weighted by atomic mass is 16.6. The molecular weight excluding hydrogens is 184 g/mol. The van der Waals surface area contributed by atoms with Crippen LogP contribution < -0.4 is 4.74 Å². The summed E-state index contributed by atoms with van der Waals surface area (Å²) in [5, 5.41) is 8.79. The maximum atomic E-state index is 10.7. The Kier molecular flexibility index (Phi) is 2.13. The number of methoxy groups -OCH3 is 1. The third-order valence-electron chi connectivity index (χ3n) is 2.16. The molecule has 2 rings (SSSR count). The molecule has 14 heavy (non-hydrogen) atoms. The number of aromatic carboxylic acids is 1. The Bertz CT molecular complexity index is 368. The van der Waals surface area contributed by atoms with E-state index in [0.29, 0.717) is 12.4 Å². The lowest BCUT2D eigenvalue weighted by atomic mass is 10.1. The molecule has 1 aromatic rings. The molecule has 0 aliphatic carbocycles. The number of epoxide rings is 1. The zero-order chi connectivity index (χ0) is 10.1. The SMILES string of the molecule is COc1ccc(C(=O)O)cc1C1CO1. The van der Waals surface area contributed by atoms with Gasteiger partial charge >= 0.3 is 5.97 Å². The maximum absolute atomic E-state index is 10.7. The minimum Gasteiger partial charge on any atom is -0.496 e. The molecule has 1 unspecified atom stereocenters. The van der Waals surface area contributed by atoms with Crippen LogP contribution in [0.25, 0.3) is 0 Å². The summed E-state index contributed by atoms with van der Waals surface area (Å²) in [5.74, 6) is -0.257. The number of ether oxygens (including phenoxy) is 2. The van der Waals surface area contributed by atoms with Gasteiger partial charge in [0.2, 0.25) is 0 Å². The second kappa shape index (κ2) is 3.31. The Hall–Kier alpha value is -1.55. The van der Waals surface area contributed by atoms with Crippen molar-refractivity contribution in [1.82, 2.24) is 0 Å². The Morgan fingerprint density at radius 2 is 2.36 bits per heavy atom. The summed E-state index contributed by atoms with van der Waals surface area (Å²) in [7, 11) is 1.56. The van der Waals surface area contributed by atoms with E-state index in [0.717, 1.165) is 5.56 Å². The first-order valence-corrected chi connectivity index (χ1v) is 4.25. The summed E-state index contributed by atoms with van der Waals surface area (Å²) in [6.45, 7) is 0.638. The maximum Gasteiger partial charge on any atom is 0.335 e. The van der Waals surface area contributed by atoms with Crippen LogP contribution in [0, 0.1) is 0 Å². The highest BCUT2D eigenvalue weighted by Crippen LogP contribution is 2.36. The summed E-state index contributed by atoms with van der Waals surface area (Å²) in [5.41, 5.74) is 1.07. The van der Waals surface area contributed by atoms with Crippen LogP contribution in [0.3, 0.4) is 0 Å². The topological polar surface area (TPSA) is 59.1 Å². The molecule has 1 aliphatic heterocycles. The Morgan fingerprint density at radius 3 is 2.86 bits per heavy atom. The van der Waals surface area contributed by atoms with Crippen molar-refractivity contribution in [2.45, 2.75) is 6.10 Å². The van der Waals surface area contributed by atoms with Crippen molar-refractivity contribution in [2.24, 2.45) is 0 Å². The molecule has 0 spiro atoms. The van der Waals surface area contributed by atoms with E-state index >= 15 is 0 Å². The fourth-order valence-electron chi connectivity index (χ4n) is 1.35. The number of benzene rings is 1. The number of hydrogen-bond donors (Lipinski definition) is 1. The van der Waals surface area contributed by atoms with Gasteiger partial charge in [0.15, 0.2) is 0 Å². The third kappa shape index (κ3) is 1.56. The number of hydrogen-bond acceptors (Lipinski definition) is 3. The van der Waals surface area contributed by atoms with E-state index in [1.54, 1.807) is 19.2 Å². The van der Waals surface area contributed by atoms with Crippen LogP contribution in [0.4, 0.5) is 0 Å². The molecule has 4 nitrogen and oxygen atoms in total. The highest BCUT2D eigenvalue weighted by Gasteiger charge is 2.28. The predicted molar refractivity (Wildman–Crippen MR) is 48.6 cm³/mol. The largest absolute Gasteiger partial charge is 0.496 e. The van der Waals surface area contributed by atoms with E-state index in [4.69, 9.17) is 14.6 Å². The average molecular weight is 194 g/mol. The Labute approximate surface area is 81.1 Å². The fraction of sp³-hybridized carbons (Fsp3) is 0.300. The highest BCUT2D eigenvalue weighted by molar-refractivity contribution is 5.88. The monoisotopic (exact) mass is 194 g/mol. The second-order valence-corrected chi connectivity index (χ2v) is 3.08. The van der Waals surface area contributed by atoms with E-state index < -0.39 is 5.97 Å². The van der Waals surface area contributed by atoms with E-state index in [-0.39, 0.29) is 11.7 Å². The van der Waals surface area contributed by atoms with Crippen molar-refractivity contribution in [3.05, 3.63) is 29.3 Å². The van der Waals surface area contributed by atoms with Gasteiger partial charge in [-0.25, -0.2) is 4.79 Å². The zero-order valence-corrected chi connectivity index (χ0v) is 7.69. The van der Waals surface area contributed by atoms with Crippen LogP contribution >= 0.6 is 0 Å². The molecule has 0 bridgehead atoms. The van der Waals surface area contributed by atoms with Crippen LogP contribution in [0.1, 0.15) is 22.0 Å². The molecule has 1 fully saturated rings. The van der Waals surface area contributed by atoms with Crippen molar-refractivity contribution in [3.8, 4) is 5.75 Å². The van der Waals surface area contributed by atoms with Crippen LogP contribution in [0.2, 0.25) is 0 Å². The summed E-state index contributed by atoms with van der Waals surface area (Å²) >= 11 is 0. The molecule has 1 saturated heterocycles. The number of carboxylic acids is 1. The van der Waals surface area contributed by atoms with Crippen molar-refractivity contribution < 1.29 is 19.4 Å². The van der Waals surface area contributed by atoms with Crippen molar-refractivity contribution >= 4 is 5.97 Å². The fourth-order valence-corrected chi connectivity index (χ4v) is 1.35. The first kappa shape index (κ1) is 9.02. The number of carboxylic acid groups (broad SMARTS) is 1. The van der Waals surface area contributed by atoms with Gasteiger partial charge in [0.25, 0.3) is 0 Å². The van der Waals surface area contributed by atoms with Gasteiger partial charge in [0.05, 0.1) is 19.3 Å². The summed E-state index contributed by atoms with van der Waals surface area (Å²) in [6.07, 6.45) is 0.00394. The molecule has 0 saturated carbocycles. The quantitative estimate of drug-likeness (QED) is 0.740. The van der Waals surface area contributed by atoms with E-state index in [2.05, 4.69) is 0 Å². The molecule has 1 aliphatic rings. The lowest BCUT2D eigenvalue weighted by Gasteiger charge is -2.06. The van der Waals surface area contributed by atoms with Gasteiger partial charge in [-0.05, 0) is 18.2 Å². The Morgan fingerprint density at radius 1 is 1.64 bits per heavy atom. The molecule has 1 atom stereocenters. The molecule has 0 radical (unpaired) electrons. The standard InChI is InChI=1S/C10H10O4/c1-13-8-3-2-6(10(11)12)4-7(8)9-5-14-9/h2-4,9H,5H2,1H3,(H,11,12). The lowest BCUT2D eigenvalue weighted by molar-refractivity contribution is 0.0696. The van der Waals surface area contributed by atoms with Crippen molar-refractivity contribution in [1.29, 1.82) is 0 Å². The first-order chi connectivity index (χ1) is 6.72. The molecule has 1 N–H and O–H groups in total. The molecular formula is C10H10O4. The van der Waals surface area contributed by atoms with Gasteiger partial charge < -0.3 is 14.6 Å². The van der Waals surface area contributed by atoms with Crippen molar-refractivity contribution in [3.63, 3.8) is 0 Å². The summed E-state index contributed by atoms with van der Waals surface area (Å²) < 4.78 is 10.2. The van der Waals surface area contributed by atoms with Crippen LogP contribution in [-0.4, -0.2) is 24.8 Å². The molecule has 0 aromatic heterocycles. The molecule has 1 aromatic carbocycles. The second-order valence-electron chi connectivity index (χ2n) is 3.08. The van der Waals surface area contributed by atoms with E-state index in [1.165, 1.54) is 6.07 Å². The molecule has 74 valence electrons. The van der Waals surface area contributed by atoms with Crippen LogP contribution in [0.5, 0.6) is 5.75 Å². The predicted octanol–water partition coefficient (Wildman–Crippen LogP) is 1.46.